The standard InChI is InChI=1S/C60H104O6/c1-4-7-10-13-16-19-22-25-27-29-30-32-33-35-38-41-44-47-50-53-59(62)65-56-57(55-64-58(61)52-49-46-43-40-37-24-21-18-15-12-9-6-3)66-60(63)54-51-48-45-42-39-36-34-31-28-26-23-20-17-14-11-8-5-2/h17-18,20-21,26,28-30,34,36,42,45,57H,4-16,19,22-25,27,31-33,35,37-41,43-44,46-56H2,1-3H3/b20-17-,21-18-,28-26-,30-29-,36-34-,45-42-/t57-/m1/s1. The van der Waals surface area contributed by atoms with Crippen molar-refractivity contribution in [2.75, 3.05) is 13.2 Å². The second-order valence-corrected chi connectivity index (χ2v) is 18.5. The summed E-state index contributed by atoms with van der Waals surface area (Å²) in [6, 6.07) is 0. The van der Waals surface area contributed by atoms with E-state index in [1.54, 1.807) is 0 Å². The van der Waals surface area contributed by atoms with E-state index < -0.39 is 6.10 Å². The Kier molecular flexibility index (Phi) is 51.9. The molecule has 6 heteroatoms. The monoisotopic (exact) mass is 921 g/mol. The smallest absolute Gasteiger partial charge is 0.306 e. The lowest BCUT2D eigenvalue weighted by atomic mass is 10.1. The van der Waals surface area contributed by atoms with Crippen molar-refractivity contribution in [3.05, 3.63) is 72.9 Å². The third-order valence-corrected chi connectivity index (χ3v) is 11.9. The first-order valence-corrected chi connectivity index (χ1v) is 27.9. The molecule has 380 valence electrons. The summed E-state index contributed by atoms with van der Waals surface area (Å²) in [5, 5.41) is 0. The van der Waals surface area contributed by atoms with Crippen molar-refractivity contribution in [3.63, 3.8) is 0 Å². The lowest BCUT2D eigenvalue weighted by Gasteiger charge is -2.18. The molecular weight excluding hydrogens is 817 g/mol. The minimum absolute atomic E-state index is 0.102. The van der Waals surface area contributed by atoms with Gasteiger partial charge in [0.15, 0.2) is 6.10 Å². The number of rotatable bonds is 50. The van der Waals surface area contributed by atoms with Crippen LogP contribution in [0.25, 0.3) is 0 Å². The molecule has 0 fully saturated rings. The van der Waals surface area contributed by atoms with Gasteiger partial charge in [0.2, 0.25) is 0 Å². The topological polar surface area (TPSA) is 78.9 Å². The van der Waals surface area contributed by atoms with Crippen molar-refractivity contribution in [1.29, 1.82) is 0 Å². The van der Waals surface area contributed by atoms with Crippen LogP contribution in [0, 0.1) is 0 Å². The van der Waals surface area contributed by atoms with Crippen LogP contribution in [0.1, 0.15) is 271 Å². The summed E-state index contributed by atoms with van der Waals surface area (Å²) in [5.74, 6) is -0.967. The molecule has 0 amide bonds. The molecule has 0 rings (SSSR count). The Morgan fingerprint density at radius 1 is 0.303 bits per heavy atom. The van der Waals surface area contributed by atoms with Crippen molar-refractivity contribution >= 4 is 17.9 Å². The first kappa shape index (κ1) is 62.8. The molecule has 0 aromatic rings. The number of unbranched alkanes of at least 4 members (excludes halogenated alkanes) is 27. The van der Waals surface area contributed by atoms with E-state index in [0.717, 1.165) is 77.0 Å². The lowest BCUT2D eigenvalue weighted by Crippen LogP contribution is -2.30. The second kappa shape index (κ2) is 54.5. The maximum Gasteiger partial charge on any atom is 0.306 e. The van der Waals surface area contributed by atoms with Gasteiger partial charge in [-0.3, -0.25) is 14.4 Å². The van der Waals surface area contributed by atoms with Crippen LogP contribution in [-0.4, -0.2) is 37.2 Å². The Hall–Kier alpha value is -3.15. The van der Waals surface area contributed by atoms with Crippen LogP contribution in [0.3, 0.4) is 0 Å². The highest BCUT2D eigenvalue weighted by atomic mass is 16.6. The summed E-state index contributed by atoms with van der Waals surface area (Å²) in [5.41, 5.74) is 0. The molecule has 6 nitrogen and oxygen atoms in total. The summed E-state index contributed by atoms with van der Waals surface area (Å²) in [4.78, 5) is 38.0. The molecule has 0 aliphatic carbocycles. The minimum atomic E-state index is -0.808. The zero-order valence-electron chi connectivity index (χ0n) is 43.4. The van der Waals surface area contributed by atoms with Crippen LogP contribution >= 0.6 is 0 Å². The first-order valence-electron chi connectivity index (χ1n) is 27.9. The second-order valence-electron chi connectivity index (χ2n) is 18.5. The number of carbonyl (C=O) groups excluding carboxylic acids is 3. The van der Waals surface area contributed by atoms with Crippen LogP contribution < -0.4 is 0 Å². The van der Waals surface area contributed by atoms with Crippen LogP contribution in [0.5, 0.6) is 0 Å². The summed E-state index contributed by atoms with van der Waals surface area (Å²) < 4.78 is 16.8. The number of esters is 3. The van der Waals surface area contributed by atoms with Gasteiger partial charge in [0.25, 0.3) is 0 Å². The number of ether oxygens (including phenoxy) is 3. The van der Waals surface area contributed by atoms with Gasteiger partial charge >= 0.3 is 17.9 Å². The highest BCUT2D eigenvalue weighted by Gasteiger charge is 2.19. The normalized spacial score (nSPS) is 12.6. The molecule has 0 unspecified atom stereocenters. The highest BCUT2D eigenvalue weighted by Crippen LogP contribution is 2.14. The Balaban J connectivity index is 4.44. The molecule has 66 heavy (non-hydrogen) atoms. The number of hydrogen-bond donors (Lipinski definition) is 0. The van der Waals surface area contributed by atoms with Gasteiger partial charge in [-0.1, -0.05) is 216 Å². The van der Waals surface area contributed by atoms with E-state index in [4.69, 9.17) is 14.2 Å². The van der Waals surface area contributed by atoms with Crippen molar-refractivity contribution in [1.82, 2.24) is 0 Å². The molecule has 0 saturated carbocycles. The Morgan fingerprint density at radius 3 is 0.939 bits per heavy atom. The zero-order valence-corrected chi connectivity index (χ0v) is 43.4. The molecule has 1 atom stereocenters. The zero-order chi connectivity index (χ0) is 47.9. The van der Waals surface area contributed by atoms with Gasteiger partial charge in [-0.15, -0.1) is 0 Å². The molecule has 0 aromatic carbocycles. The largest absolute Gasteiger partial charge is 0.462 e. The van der Waals surface area contributed by atoms with Gasteiger partial charge in [-0.05, 0) is 109 Å². The number of allylic oxidation sites excluding steroid dienone is 12. The maximum atomic E-state index is 12.8. The highest BCUT2D eigenvalue weighted by molar-refractivity contribution is 5.71. The van der Waals surface area contributed by atoms with E-state index in [-0.39, 0.29) is 37.5 Å². The first-order chi connectivity index (χ1) is 32.5. The van der Waals surface area contributed by atoms with Gasteiger partial charge in [0.05, 0.1) is 0 Å². The van der Waals surface area contributed by atoms with Gasteiger partial charge in [0, 0.05) is 19.3 Å². The van der Waals surface area contributed by atoms with Crippen molar-refractivity contribution in [3.8, 4) is 0 Å². The van der Waals surface area contributed by atoms with Gasteiger partial charge < -0.3 is 14.2 Å². The Labute approximate surface area is 408 Å². The van der Waals surface area contributed by atoms with E-state index in [2.05, 4.69) is 93.7 Å². The molecule has 0 heterocycles. The van der Waals surface area contributed by atoms with Gasteiger partial charge in [-0.2, -0.15) is 0 Å². The average molecular weight is 921 g/mol. The summed E-state index contributed by atoms with van der Waals surface area (Å²) in [7, 11) is 0. The van der Waals surface area contributed by atoms with Crippen LogP contribution in [-0.2, 0) is 28.6 Å². The fourth-order valence-electron chi connectivity index (χ4n) is 7.66. The predicted octanol–water partition coefficient (Wildman–Crippen LogP) is 18.6. The third-order valence-electron chi connectivity index (χ3n) is 11.9. The van der Waals surface area contributed by atoms with Gasteiger partial charge in [-0.25, -0.2) is 0 Å². The molecular formula is C60H104O6. The van der Waals surface area contributed by atoms with E-state index in [1.165, 1.54) is 148 Å². The molecule has 0 spiro atoms. The van der Waals surface area contributed by atoms with E-state index in [0.29, 0.717) is 19.3 Å². The Bertz CT molecular complexity index is 1240. The lowest BCUT2D eigenvalue weighted by molar-refractivity contribution is -0.167. The molecule has 0 saturated heterocycles. The van der Waals surface area contributed by atoms with Gasteiger partial charge in [0.1, 0.15) is 13.2 Å². The Morgan fingerprint density at radius 2 is 0.561 bits per heavy atom. The molecule has 0 aromatic heterocycles. The predicted molar refractivity (Wildman–Crippen MR) is 284 cm³/mol. The van der Waals surface area contributed by atoms with Crippen LogP contribution in [0.15, 0.2) is 72.9 Å². The quantitative estimate of drug-likeness (QED) is 0.0262. The van der Waals surface area contributed by atoms with Crippen molar-refractivity contribution in [2.45, 2.75) is 277 Å². The molecule has 0 radical (unpaired) electrons. The van der Waals surface area contributed by atoms with E-state index in [9.17, 15) is 14.4 Å². The summed E-state index contributed by atoms with van der Waals surface area (Å²) in [6.45, 7) is 6.54. The minimum Gasteiger partial charge on any atom is -0.462 e. The SMILES string of the molecule is CCCCC/C=C\C/C=C\C/C=C\C/C=C\CCCC(=O)O[C@H](COC(=O)CCCCCCC/C=C\CCCCC)COC(=O)CCCCCCCCC/C=C\CCCCCCCCCC. The summed E-state index contributed by atoms with van der Waals surface area (Å²) >= 11 is 0. The molecule has 0 N–H and O–H groups in total. The van der Waals surface area contributed by atoms with Crippen molar-refractivity contribution < 1.29 is 28.6 Å². The molecule has 0 aliphatic rings. The fourth-order valence-corrected chi connectivity index (χ4v) is 7.66. The molecule has 0 bridgehead atoms. The van der Waals surface area contributed by atoms with E-state index in [1.807, 2.05) is 0 Å². The summed E-state index contributed by atoms with van der Waals surface area (Å²) in [6.07, 6.45) is 68.9. The van der Waals surface area contributed by atoms with E-state index >= 15 is 0 Å². The van der Waals surface area contributed by atoms with Crippen LogP contribution in [0.4, 0.5) is 0 Å². The third kappa shape index (κ3) is 51.8. The van der Waals surface area contributed by atoms with Crippen molar-refractivity contribution in [2.24, 2.45) is 0 Å². The van der Waals surface area contributed by atoms with Crippen LogP contribution in [0.2, 0.25) is 0 Å². The maximum absolute atomic E-state index is 12.8. The number of carbonyl (C=O) groups is 3. The molecule has 0 aliphatic heterocycles. The fraction of sp³-hybridized carbons (Fsp3) is 0.750. The number of hydrogen-bond acceptors (Lipinski definition) is 6. The average Bonchev–Trinajstić information content (AvgIpc) is 3.31.